The van der Waals surface area contributed by atoms with Gasteiger partial charge in [0.05, 0.1) is 47.9 Å². The first-order valence-corrected chi connectivity index (χ1v) is 9.73. The van der Waals surface area contributed by atoms with Gasteiger partial charge in [-0.25, -0.2) is 9.97 Å². The molecular formula is C20H26N4O4. The molecule has 2 aromatic heterocycles. The molecule has 0 spiro atoms. The fourth-order valence-corrected chi connectivity index (χ4v) is 3.22. The topological polar surface area (TPSA) is 88.2 Å². The molecule has 0 saturated carbocycles. The maximum Gasteiger partial charge on any atom is 0.305 e. The summed E-state index contributed by atoms with van der Waals surface area (Å²) in [6.07, 6.45) is 5.75. The van der Waals surface area contributed by atoms with Gasteiger partial charge in [-0.05, 0) is 38.8 Å². The molecule has 0 saturated heterocycles. The summed E-state index contributed by atoms with van der Waals surface area (Å²) in [7, 11) is 0. The Labute approximate surface area is 163 Å². The highest BCUT2D eigenvalue weighted by molar-refractivity contribution is 5.91. The molecule has 0 amide bonds. The van der Waals surface area contributed by atoms with Gasteiger partial charge in [-0.3, -0.25) is 9.59 Å². The van der Waals surface area contributed by atoms with Gasteiger partial charge in [0.2, 0.25) is 0 Å². The van der Waals surface area contributed by atoms with Crippen LogP contribution in [0.5, 0.6) is 0 Å². The first-order valence-electron chi connectivity index (χ1n) is 9.73. The van der Waals surface area contributed by atoms with Crippen LogP contribution >= 0.6 is 0 Å². The third kappa shape index (κ3) is 4.68. The lowest BCUT2D eigenvalue weighted by Crippen LogP contribution is -2.06. The van der Waals surface area contributed by atoms with E-state index in [0.29, 0.717) is 52.0 Å². The third-order valence-corrected chi connectivity index (χ3v) is 4.53. The molecule has 0 aliphatic rings. The number of nitrogens with zero attached hydrogens (tertiary/aromatic N) is 4. The molecule has 0 radical (unpaired) electrons. The van der Waals surface area contributed by atoms with E-state index in [0.717, 1.165) is 22.1 Å². The molecule has 0 fully saturated rings. The summed E-state index contributed by atoms with van der Waals surface area (Å²) < 4.78 is 14.0. The van der Waals surface area contributed by atoms with Crippen LogP contribution in [0.25, 0.3) is 22.1 Å². The quantitative estimate of drug-likeness (QED) is 0.498. The van der Waals surface area contributed by atoms with Gasteiger partial charge >= 0.3 is 11.9 Å². The van der Waals surface area contributed by atoms with E-state index < -0.39 is 0 Å². The van der Waals surface area contributed by atoms with Gasteiger partial charge in [-0.1, -0.05) is 0 Å². The minimum Gasteiger partial charge on any atom is -0.466 e. The Balaban J connectivity index is 1.70. The van der Waals surface area contributed by atoms with Crippen molar-refractivity contribution in [2.24, 2.45) is 0 Å². The monoisotopic (exact) mass is 386 g/mol. The van der Waals surface area contributed by atoms with Crippen LogP contribution in [0.3, 0.4) is 0 Å². The molecule has 0 unspecified atom stereocenters. The number of carbonyl (C=O) groups is 2. The van der Waals surface area contributed by atoms with Crippen LogP contribution in [0.15, 0.2) is 24.8 Å². The van der Waals surface area contributed by atoms with Crippen molar-refractivity contribution in [2.45, 2.75) is 52.6 Å². The van der Waals surface area contributed by atoms with E-state index in [1.165, 1.54) is 0 Å². The molecule has 1 aromatic carbocycles. The number of hydrogen-bond acceptors (Lipinski definition) is 6. The lowest BCUT2D eigenvalue weighted by molar-refractivity contribution is -0.144. The van der Waals surface area contributed by atoms with Gasteiger partial charge in [0.15, 0.2) is 0 Å². The molecule has 0 N–H and O–H groups in total. The van der Waals surface area contributed by atoms with Crippen LogP contribution in [0.4, 0.5) is 0 Å². The van der Waals surface area contributed by atoms with Crippen LogP contribution in [0.1, 0.15) is 39.5 Å². The van der Waals surface area contributed by atoms with Crippen molar-refractivity contribution in [3.05, 3.63) is 24.8 Å². The van der Waals surface area contributed by atoms with Gasteiger partial charge in [-0.15, -0.1) is 0 Å². The lowest BCUT2D eigenvalue weighted by Gasteiger charge is -2.07. The summed E-state index contributed by atoms with van der Waals surface area (Å²) >= 11 is 0. The van der Waals surface area contributed by atoms with Gasteiger partial charge in [0, 0.05) is 25.9 Å². The number of ether oxygens (including phenoxy) is 2. The third-order valence-electron chi connectivity index (χ3n) is 4.53. The Kier molecular flexibility index (Phi) is 6.62. The van der Waals surface area contributed by atoms with Crippen molar-refractivity contribution >= 4 is 34.0 Å². The summed E-state index contributed by atoms with van der Waals surface area (Å²) in [6, 6.07) is 4.04. The number of aromatic nitrogens is 4. The van der Waals surface area contributed by atoms with E-state index in [-0.39, 0.29) is 11.9 Å². The van der Waals surface area contributed by atoms with E-state index in [2.05, 4.69) is 16.0 Å². The molecule has 0 aliphatic carbocycles. The molecule has 3 aromatic rings. The zero-order valence-corrected chi connectivity index (χ0v) is 16.4. The summed E-state index contributed by atoms with van der Waals surface area (Å²) in [6.45, 7) is 5.82. The first-order chi connectivity index (χ1) is 13.6. The van der Waals surface area contributed by atoms with Gasteiger partial charge in [-0.2, -0.15) is 0 Å². The fraction of sp³-hybridized carbons (Fsp3) is 0.500. The van der Waals surface area contributed by atoms with E-state index in [9.17, 15) is 9.59 Å². The average molecular weight is 386 g/mol. The zero-order valence-electron chi connectivity index (χ0n) is 16.4. The maximum atomic E-state index is 11.5. The van der Waals surface area contributed by atoms with Crippen LogP contribution in [0.2, 0.25) is 0 Å². The number of carbonyl (C=O) groups excluding carboxylic acids is 2. The SMILES string of the molecule is CCOC(=O)CCCn1cnc2cc3ncn(CCCC(=O)OCC)c3cc21. The fourth-order valence-electron chi connectivity index (χ4n) is 3.22. The Hall–Kier alpha value is -2.90. The average Bonchev–Trinajstić information content (AvgIpc) is 3.24. The Morgan fingerprint density at radius 3 is 1.71 bits per heavy atom. The van der Waals surface area contributed by atoms with Crippen molar-refractivity contribution < 1.29 is 19.1 Å². The molecule has 3 rings (SSSR count). The second kappa shape index (κ2) is 9.34. The molecule has 8 heteroatoms. The number of fused-ring (bicyclic) bond motifs is 2. The van der Waals surface area contributed by atoms with Crippen molar-refractivity contribution in [2.75, 3.05) is 13.2 Å². The van der Waals surface area contributed by atoms with Gasteiger partial charge in [0.25, 0.3) is 0 Å². The number of imidazole rings is 2. The van der Waals surface area contributed by atoms with Crippen LogP contribution < -0.4 is 0 Å². The maximum absolute atomic E-state index is 11.5. The summed E-state index contributed by atoms with van der Waals surface area (Å²) in [4.78, 5) is 31.9. The number of hydrogen-bond donors (Lipinski definition) is 0. The Bertz CT molecular complexity index is 886. The highest BCUT2D eigenvalue weighted by Gasteiger charge is 2.10. The number of esters is 2. The van der Waals surface area contributed by atoms with Crippen LogP contribution in [-0.2, 0) is 32.2 Å². The van der Waals surface area contributed by atoms with Crippen LogP contribution in [0, 0.1) is 0 Å². The predicted molar refractivity (Wildman–Crippen MR) is 105 cm³/mol. The van der Waals surface area contributed by atoms with Crippen LogP contribution in [-0.4, -0.2) is 44.3 Å². The predicted octanol–water partition coefficient (Wildman–Crippen LogP) is 3.07. The summed E-state index contributed by atoms with van der Waals surface area (Å²) in [5, 5.41) is 0. The highest BCUT2D eigenvalue weighted by Crippen LogP contribution is 2.22. The lowest BCUT2D eigenvalue weighted by atomic mass is 10.2. The van der Waals surface area contributed by atoms with Crippen molar-refractivity contribution in [3.8, 4) is 0 Å². The smallest absolute Gasteiger partial charge is 0.305 e. The van der Waals surface area contributed by atoms with Crippen molar-refractivity contribution in [1.82, 2.24) is 19.1 Å². The molecule has 0 aliphatic heterocycles. The van der Waals surface area contributed by atoms with E-state index in [1.54, 1.807) is 12.7 Å². The van der Waals surface area contributed by atoms with Gasteiger partial charge < -0.3 is 18.6 Å². The molecule has 150 valence electrons. The minimum absolute atomic E-state index is 0.172. The summed E-state index contributed by atoms with van der Waals surface area (Å²) in [5.41, 5.74) is 3.76. The Morgan fingerprint density at radius 1 is 0.821 bits per heavy atom. The Morgan fingerprint density at radius 2 is 1.29 bits per heavy atom. The highest BCUT2D eigenvalue weighted by atomic mass is 16.5. The molecule has 8 nitrogen and oxygen atoms in total. The number of benzene rings is 1. The minimum atomic E-state index is -0.172. The van der Waals surface area contributed by atoms with E-state index in [4.69, 9.17) is 9.47 Å². The molecule has 0 bridgehead atoms. The summed E-state index contributed by atoms with van der Waals surface area (Å²) in [5.74, 6) is -0.344. The zero-order chi connectivity index (χ0) is 19.9. The number of rotatable bonds is 10. The molecule has 28 heavy (non-hydrogen) atoms. The molecule has 0 atom stereocenters. The van der Waals surface area contributed by atoms with Crippen molar-refractivity contribution in [1.29, 1.82) is 0 Å². The van der Waals surface area contributed by atoms with E-state index in [1.807, 2.05) is 29.0 Å². The van der Waals surface area contributed by atoms with Crippen molar-refractivity contribution in [3.63, 3.8) is 0 Å². The molecule has 2 heterocycles. The van der Waals surface area contributed by atoms with Gasteiger partial charge in [0.1, 0.15) is 0 Å². The van der Waals surface area contributed by atoms with E-state index >= 15 is 0 Å². The second-order valence-corrected chi connectivity index (χ2v) is 6.52. The standard InChI is InChI=1S/C20H26N4O4/c1-3-27-19(25)7-5-9-23-13-21-15-11-16-18(12-17(15)23)24(14-22-16)10-6-8-20(26)28-4-2/h11-14H,3-10H2,1-2H3. The largest absolute Gasteiger partial charge is 0.466 e. The molecular weight excluding hydrogens is 360 g/mol. The second-order valence-electron chi connectivity index (χ2n) is 6.52. The normalized spacial score (nSPS) is 11.2. The number of aryl methyl sites for hydroxylation is 2. The first kappa shape index (κ1) is 19.9.